The monoisotopic (exact) mass is 257 g/mol. The minimum Gasteiger partial charge on any atom is -0.353 e. The molecule has 0 bridgehead atoms. The lowest BCUT2D eigenvalue weighted by atomic mass is 10.0. The highest BCUT2D eigenvalue weighted by atomic mass is 32.2. The van der Waals surface area contributed by atoms with Gasteiger partial charge in [-0.05, 0) is 43.9 Å². The zero-order chi connectivity index (χ0) is 12.0. The molecule has 96 valence electrons. The Balaban J connectivity index is 1.59. The van der Waals surface area contributed by atoms with Crippen LogP contribution in [0.15, 0.2) is 0 Å². The largest absolute Gasteiger partial charge is 0.353 e. The van der Waals surface area contributed by atoms with E-state index in [-0.39, 0.29) is 23.3 Å². The van der Waals surface area contributed by atoms with Gasteiger partial charge in [0.1, 0.15) is 0 Å². The highest BCUT2D eigenvalue weighted by molar-refractivity contribution is 7.91. The molecule has 0 aromatic carbocycles. The lowest BCUT2D eigenvalue weighted by Gasteiger charge is -2.19. The molecule has 3 fully saturated rings. The van der Waals surface area contributed by atoms with Gasteiger partial charge in [-0.15, -0.1) is 0 Å². The molecular formula is C12H19NO3S. The molecule has 1 N–H and O–H groups in total. The smallest absolute Gasteiger partial charge is 0.224 e. The van der Waals surface area contributed by atoms with Gasteiger partial charge in [-0.25, -0.2) is 8.42 Å². The average molecular weight is 257 g/mol. The van der Waals surface area contributed by atoms with Gasteiger partial charge in [-0.1, -0.05) is 0 Å². The highest BCUT2D eigenvalue weighted by Gasteiger charge is 2.43. The van der Waals surface area contributed by atoms with Gasteiger partial charge in [0, 0.05) is 6.04 Å². The van der Waals surface area contributed by atoms with E-state index in [4.69, 9.17) is 0 Å². The summed E-state index contributed by atoms with van der Waals surface area (Å²) in [5.74, 6) is 1.27. The van der Waals surface area contributed by atoms with Gasteiger partial charge in [0.15, 0.2) is 9.84 Å². The van der Waals surface area contributed by atoms with E-state index < -0.39 is 9.84 Å². The van der Waals surface area contributed by atoms with Gasteiger partial charge in [0.25, 0.3) is 0 Å². The normalized spacial score (nSPS) is 31.7. The molecular weight excluding hydrogens is 238 g/mol. The van der Waals surface area contributed by atoms with E-state index >= 15 is 0 Å². The first kappa shape index (κ1) is 11.5. The summed E-state index contributed by atoms with van der Waals surface area (Å²) in [4.78, 5) is 12.0. The van der Waals surface area contributed by atoms with Gasteiger partial charge < -0.3 is 5.32 Å². The number of carbonyl (C=O) groups excluding carboxylic acids is 1. The molecule has 2 saturated carbocycles. The Morgan fingerprint density at radius 2 is 1.65 bits per heavy atom. The van der Waals surface area contributed by atoms with Crippen molar-refractivity contribution in [1.29, 1.82) is 0 Å². The van der Waals surface area contributed by atoms with Crippen LogP contribution in [0.3, 0.4) is 0 Å². The van der Waals surface area contributed by atoms with Gasteiger partial charge >= 0.3 is 0 Å². The molecule has 1 unspecified atom stereocenters. The average Bonchev–Trinajstić information content (AvgIpc) is 3.12. The van der Waals surface area contributed by atoms with E-state index in [1.807, 2.05) is 0 Å². The number of amides is 1. The number of hydrogen-bond acceptors (Lipinski definition) is 3. The van der Waals surface area contributed by atoms with E-state index in [0.29, 0.717) is 24.3 Å². The topological polar surface area (TPSA) is 63.2 Å². The van der Waals surface area contributed by atoms with Gasteiger partial charge in [-0.3, -0.25) is 4.79 Å². The lowest BCUT2D eigenvalue weighted by Crippen LogP contribution is -2.41. The molecule has 0 radical (unpaired) electrons. The van der Waals surface area contributed by atoms with E-state index in [1.165, 1.54) is 25.7 Å². The van der Waals surface area contributed by atoms with Crippen LogP contribution >= 0.6 is 0 Å². The third kappa shape index (κ3) is 2.64. The number of sulfone groups is 1. The molecule has 1 saturated heterocycles. The fourth-order valence-corrected chi connectivity index (χ4v) is 4.56. The molecule has 0 aromatic rings. The van der Waals surface area contributed by atoms with Crippen molar-refractivity contribution in [3.8, 4) is 0 Å². The van der Waals surface area contributed by atoms with Gasteiger partial charge in [-0.2, -0.15) is 0 Å². The maximum atomic E-state index is 12.0. The van der Waals surface area contributed by atoms with Gasteiger partial charge in [0.05, 0.1) is 17.4 Å². The molecule has 0 aromatic heterocycles. The Kier molecular flexibility index (Phi) is 2.69. The Morgan fingerprint density at radius 1 is 1.06 bits per heavy atom. The molecule has 1 aliphatic heterocycles. The van der Waals surface area contributed by atoms with Crippen LogP contribution in [0.5, 0.6) is 0 Å². The van der Waals surface area contributed by atoms with Crippen molar-refractivity contribution in [1.82, 2.24) is 5.32 Å². The van der Waals surface area contributed by atoms with E-state index in [0.717, 1.165) is 0 Å². The number of nitrogens with one attached hydrogen (secondary N) is 1. The summed E-state index contributed by atoms with van der Waals surface area (Å²) in [6.07, 6.45) is 5.42. The predicted molar refractivity (Wildman–Crippen MR) is 64.1 cm³/mol. The second kappa shape index (κ2) is 3.97. The van der Waals surface area contributed by atoms with Crippen molar-refractivity contribution in [2.75, 3.05) is 11.5 Å². The highest BCUT2D eigenvalue weighted by Crippen LogP contribution is 2.44. The number of rotatable bonds is 4. The maximum Gasteiger partial charge on any atom is 0.224 e. The van der Waals surface area contributed by atoms with Crippen LogP contribution in [0.25, 0.3) is 0 Å². The van der Waals surface area contributed by atoms with Crippen molar-refractivity contribution in [2.45, 2.75) is 38.1 Å². The van der Waals surface area contributed by atoms with E-state index in [9.17, 15) is 13.2 Å². The maximum absolute atomic E-state index is 12.0. The van der Waals surface area contributed by atoms with Crippen LogP contribution in [0.4, 0.5) is 0 Å². The fraction of sp³-hybridized carbons (Fsp3) is 0.917. The minimum atomic E-state index is -2.95. The Bertz CT molecular complexity index is 411. The molecule has 17 heavy (non-hydrogen) atoms. The lowest BCUT2D eigenvalue weighted by molar-refractivity contribution is -0.125. The molecule has 4 nitrogen and oxygen atoms in total. The molecule has 2 aliphatic carbocycles. The van der Waals surface area contributed by atoms with Gasteiger partial charge in [0.2, 0.25) is 5.91 Å². The third-order valence-corrected chi connectivity index (χ3v) is 5.94. The van der Waals surface area contributed by atoms with E-state index in [1.54, 1.807) is 0 Å². The number of carbonyl (C=O) groups is 1. The first-order valence-corrected chi connectivity index (χ1v) is 8.38. The second-order valence-electron chi connectivity index (χ2n) is 5.81. The third-order valence-electron chi connectivity index (χ3n) is 4.17. The summed E-state index contributed by atoms with van der Waals surface area (Å²) in [6.45, 7) is 0. The summed E-state index contributed by atoms with van der Waals surface area (Å²) in [5, 5.41) is 3.12. The zero-order valence-electron chi connectivity index (χ0n) is 9.89. The summed E-state index contributed by atoms with van der Waals surface area (Å²) < 4.78 is 22.7. The first-order valence-electron chi connectivity index (χ1n) is 6.56. The second-order valence-corrected chi connectivity index (χ2v) is 8.04. The SMILES string of the molecule is O=C(NC(C1CC1)C1CC1)C1CCS(=O)(=O)C1. The van der Waals surface area contributed by atoms with Crippen LogP contribution in [0, 0.1) is 17.8 Å². The Morgan fingerprint density at radius 3 is 2.06 bits per heavy atom. The molecule has 0 spiro atoms. The molecule has 1 heterocycles. The van der Waals surface area contributed by atoms with Crippen LogP contribution in [0.1, 0.15) is 32.1 Å². The van der Waals surface area contributed by atoms with Crippen LogP contribution in [0.2, 0.25) is 0 Å². The Hall–Kier alpha value is -0.580. The molecule has 1 atom stereocenters. The van der Waals surface area contributed by atoms with Crippen molar-refractivity contribution in [3.05, 3.63) is 0 Å². The summed E-state index contributed by atoms with van der Waals surface area (Å²) in [6, 6.07) is 0.339. The predicted octanol–water partition coefficient (Wildman–Crippen LogP) is 0.726. The summed E-state index contributed by atoms with van der Waals surface area (Å²) >= 11 is 0. The van der Waals surface area contributed by atoms with Crippen molar-refractivity contribution < 1.29 is 13.2 Å². The van der Waals surface area contributed by atoms with Crippen molar-refractivity contribution >= 4 is 15.7 Å². The molecule has 3 aliphatic rings. The molecule has 3 rings (SSSR count). The molecule has 5 heteroatoms. The standard InChI is InChI=1S/C12H19NO3S/c14-12(10-5-6-17(15,16)7-10)13-11(8-1-2-8)9-3-4-9/h8-11H,1-7H2,(H,13,14). The number of hydrogen-bond donors (Lipinski definition) is 1. The zero-order valence-corrected chi connectivity index (χ0v) is 10.7. The van der Waals surface area contributed by atoms with Crippen LogP contribution in [-0.4, -0.2) is 31.9 Å². The molecule has 1 amide bonds. The van der Waals surface area contributed by atoms with Crippen molar-refractivity contribution in [3.63, 3.8) is 0 Å². The summed E-state index contributed by atoms with van der Waals surface area (Å²) in [5.41, 5.74) is 0. The van der Waals surface area contributed by atoms with Crippen LogP contribution < -0.4 is 5.32 Å². The Labute approximate surface area is 102 Å². The fourth-order valence-electron chi connectivity index (χ4n) is 2.82. The van der Waals surface area contributed by atoms with Crippen molar-refractivity contribution in [2.24, 2.45) is 17.8 Å². The van der Waals surface area contributed by atoms with E-state index in [2.05, 4.69) is 5.32 Å². The first-order chi connectivity index (χ1) is 8.05. The minimum absolute atomic E-state index is 0.0186. The summed E-state index contributed by atoms with van der Waals surface area (Å²) in [7, 11) is -2.95. The quantitative estimate of drug-likeness (QED) is 0.807. The van der Waals surface area contributed by atoms with Crippen LogP contribution in [-0.2, 0) is 14.6 Å².